The van der Waals surface area contributed by atoms with Gasteiger partial charge in [-0.1, -0.05) is 0 Å². The summed E-state index contributed by atoms with van der Waals surface area (Å²) in [7, 11) is 0. The van der Waals surface area contributed by atoms with Gasteiger partial charge in [-0.15, -0.1) is 0 Å². The molecule has 262 valence electrons. The van der Waals surface area contributed by atoms with E-state index < -0.39 is 111 Å². The maximum absolute atomic E-state index is 14.0. The lowest BCUT2D eigenvalue weighted by molar-refractivity contribution is -0.153. The van der Waals surface area contributed by atoms with Crippen molar-refractivity contribution in [2.24, 2.45) is 5.92 Å². The first kappa shape index (κ1) is 34.9. The summed E-state index contributed by atoms with van der Waals surface area (Å²) in [5.41, 5.74) is -4.97. The summed E-state index contributed by atoms with van der Waals surface area (Å²) in [6, 6.07) is 6.04. The zero-order valence-electron chi connectivity index (χ0n) is 28.3. The Hall–Kier alpha value is -5.95. The van der Waals surface area contributed by atoms with Crippen molar-refractivity contribution in [3.05, 3.63) is 86.0 Å². The summed E-state index contributed by atoms with van der Waals surface area (Å²) in [5.74, 6) is -9.25. The van der Waals surface area contributed by atoms with Gasteiger partial charge in [0.15, 0.2) is 17.3 Å². The summed E-state index contributed by atoms with van der Waals surface area (Å²) < 4.78 is 10.5. The molecule has 51 heavy (non-hydrogen) atoms. The Kier molecular flexibility index (Phi) is 8.10. The zero-order chi connectivity index (χ0) is 37.6. The summed E-state index contributed by atoms with van der Waals surface area (Å²) in [6.07, 6.45) is -2.69. The second-order valence-corrected chi connectivity index (χ2v) is 13.3. The zero-order valence-corrected chi connectivity index (χ0v) is 28.3. The standard InChI is InChI=1S/C38H32O13/c1-13-11-22(41)27-29(24(13)14(2)50-16(4)39)34(45)20-9-7-18(32(43)25(20)36(27)47)19-8-10-21-26(33(19)44)37(48)28-23(42)12-38(6,49)31(30(28)35(21)46)15(3)51-17(5)40/h7-11,14-15,31,41,43-44,49H,12H2,1-6H3/t14-,15-,31+,38-/m1/s1. The Morgan fingerprint density at radius 3 is 1.80 bits per heavy atom. The third-order valence-electron chi connectivity index (χ3n) is 9.69. The Balaban J connectivity index is 1.49. The third kappa shape index (κ3) is 5.14. The fourth-order valence-corrected chi connectivity index (χ4v) is 7.81. The van der Waals surface area contributed by atoms with Crippen molar-refractivity contribution < 1.29 is 63.5 Å². The van der Waals surface area contributed by atoms with Gasteiger partial charge in [-0.2, -0.15) is 0 Å². The monoisotopic (exact) mass is 696 g/mol. The van der Waals surface area contributed by atoms with E-state index in [0.29, 0.717) is 5.56 Å². The minimum absolute atomic E-state index is 0.193. The fourth-order valence-electron chi connectivity index (χ4n) is 7.81. The van der Waals surface area contributed by atoms with Gasteiger partial charge < -0.3 is 29.9 Å². The molecule has 4 N–H and O–H groups in total. The van der Waals surface area contributed by atoms with Crippen molar-refractivity contribution in [1.82, 2.24) is 0 Å². The van der Waals surface area contributed by atoms with E-state index in [1.807, 2.05) is 0 Å². The minimum Gasteiger partial charge on any atom is -0.507 e. The number of carbonyl (C=O) groups is 7. The SMILES string of the molecule is CC(=O)O[C@H](C)c1c(C)cc(O)c2c1C(=O)c1ccc(-c3ccc4c(c3O)C(=O)C3=C(C4=O)[C@H]([C@@H](C)OC(C)=O)[C@](C)(O)CC3=O)c(O)c1C2=O. The van der Waals surface area contributed by atoms with Gasteiger partial charge >= 0.3 is 11.9 Å². The number of hydrogen-bond donors (Lipinski definition) is 4. The van der Waals surface area contributed by atoms with Crippen LogP contribution in [0.1, 0.15) is 111 Å². The number of Topliss-reactive ketones (excluding diaryl/α,β-unsaturated/α-hetero) is 3. The lowest BCUT2D eigenvalue weighted by atomic mass is 9.64. The number of carbonyl (C=O) groups excluding carboxylic acids is 7. The molecule has 13 nitrogen and oxygen atoms in total. The van der Waals surface area contributed by atoms with Crippen LogP contribution in [0.25, 0.3) is 11.1 Å². The number of aryl methyl sites for hydroxylation is 1. The number of aromatic hydroxyl groups is 3. The number of fused-ring (bicyclic) bond motifs is 3. The van der Waals surface area contributed by atoms with Crippen molar-refractivity contribution in [3.63, 3.8) is 0 Å². The summed E-state index contributed by atoms with van der Waals surface area (Å²) >= 11 is 0. The van der Waals surface area contributed by atoms with Gasteiger partial charge in [-0.25, -0.2) is 0 Å². The van der Waals surface area contributed by atoms with E-state index in [1.165, 1.54) is 58.0 Å². The minimum atomic E-state index is -1.87. The van der Waals surface area contributed by atoms with Crippen LogP contribution < -0.4 is 0 Å². The number of ether oxygens (including phenoxy) is 2. The molecule has 0 amide bonds. The smallest absolute Gasteiger partial charge is 0.303 e. The second kappa shape index (κ2) is 11.8. The number of phenols is 3. The summed E-state index contributed by atoms with van der Waals surface area (Å²) in [6.45, 7) is 8.08. The quantitative estimate of drug-likeness (QED) is 0.170. The predicted octanol–water partition coefficient (Wildman–Crippen LogP) is 4.15. The van der Waals surface area contributed by atoms with E-state index in [-0.39, 0.29) is 39.0 Å². The van der Waals surface area contributed by atoms with Crippen LogP contribution in [0.2, 0.25) is 0 Å². The van der Waals surface area contributed by atoms with Crippen LogP contribution >= 0.6 is 0 Å². The molecular weight excluding hydrogens is 664 g/mol. The lowest BCUT2D eigenvalue weighted by Crippen LogP contribution is -2.52. The predicted molar refractivity (Wildman–Crippen MR) is 176 cm³/mol. The molecule has 0 bridgehead atoms. The van der Waals surface area contributed by atoms with Crippen LogP contribution in [0.15, 0.2) is 41.5 Å². The van der Waals surface area contributed by atoms with Crippen LogP contribution in [0.3, 0.4) is 0 Å². The number of phenolic OH excluding ortho intramolecular Hbond substituents is 3. The van der Waals surface area contributed by atoms with Gasteiger partial charge in [0.2, 0.25) is 11.6 Å². The maximum atomic E-state index is 14.0. The molecule has 0 unspecified atom stereocenters. The van der Waals surface area contributed by atoms with Crippen LogP contribution in [-0.2, 0) is 23.9 Å². The number of esters is 2. The molecule has 0 aliphatic heterocycles. The summed E-state index contributed by atoms with van der Waals surface area (Å²) in [4.78, 5) is 92.6. The molecule has 13 heteroatoms. The first-order chi connectivity index (χ1) is 23.8. The van der Waals surface area contributed by atoms with Crippen LogP contribution in [0.5, 0.6) is 17.2 Å². The lowest BCUT2D eigenvalue weighted by Gasteiger charge is -2.42. The van der Waals surface area contributed by atoms with Gasteiger partial charge in [0, 0.05) is 59.2 Å². The van der Waals surface area contributed by atoms with Gasteiger partial charge in [-0.3, -0.25) is 33.6 Å². The number of hydrogen-bond acceptors (Lipinski definition) is 13. The van der Waals surface area contributed by atoms with Crippen molar-refractivity contribution >= 4 is 40.9 Å². The molecule has 4 atom stereocenters. The van der Waals surface area contributed by atoms with E-state index in [2.05, 4.69) is 0 Å². The molecule has 0 saturated carbocycles. The molecule has 3 aliphatic rings. The van der Waals surface area contributed by atoms with Crippen molar-refractivity contribution in [1.29, 1.82) is 0 Å². The average Bonchev–Trinajstić information content (AvgIpc) is 3.00. The second-order valence-electron chi connectivity index (χ2n) is 13.3. The molecule has 0 heterocycles. The molecule has 0 saturated heterocycles. The van der Waals surface area contributed by atoms with E-state index in [1.54, 1.807) is 6.92 Å². The van der Waals surface area contributed by atoms with Gasteiger partial charge in [0.05, 0.1) is 33.8 Å². The molecule has 0 fully saturated rings. The number of aliphatic hydroxyl groups is 1. The first-order valence-electron chi connectivity index (χ1n) is 15.9. The molecule has 0 spiro atoms. The van der Waals surface area contributed by atoms with E-state index >= 15 is 0 Å². The highest BCUT2D eigenvalue weighted by atomic mass is 16.5. The third-order valence-corrected chi connectivity index (χ3v) is 9.69. The Labute approximate surface area is 290 Å². The van der Waals surface area contributed by atoms with Gasteiger partial charge in [-0.05, 0) is 63.6 Å². The number of allylic oxidation sites excluding steroid dienone is 1. The number of ketones is 5. The molecule has 6 rings (SSSR count). The van der Waals surface area contributed by atoms with E-state index in [4.69, 9.17) is 9.47 Å². The highest BCUT2D eigenvalue weighted by Crippen LogP contribution is 2.50. The topological polar surface area (TPSA) is 219 Å². The van der Waals surface area contributed by atoms with Crippen LogP contribution in [0, 0.1) is 12.8 Å². The average molecular weight is 697 g/mol. The van der Waals surface area contributed by atoms with Crippen molar-refractivity contribution in [2.45, 2.75) is 65.8 Å². The Bertz CT molecular complexity index is 2240. The molecule has 3 aromatic carbocycles. The Morgan fingerprint density at radius 1 is 0.745 bits per heavy atom. The van der Waals surface area contributed by atoms with Gasteiger partial charge in [0.1, 0.15) is 29.5 Å². The van der Waals surface area contributed by atoms with E-state index in [9.17, 15) is 54.0 Å². The normalized spacial score (nSPS) is 20.6. The first-order valence-corrected chi connectivity index (χ1v) is 15.9. The van der Waals surface area contributed by atoms with Crippen LogP contribution in [0.4, 0.5) is 0 Å². The van der Waals surface area contributed by atoms with Crippen LogP contribution in [-0.4, -0.2) is 73.0 Å². The largest absolute Gasteiger partial charge is 0.507 e. The maximum Gasteiger partial charge on any atom is 0.303 e. The van der Waals surface area contributed by atoms with E-state index in [0.717, 1.165) is 6.92 Å². The number of rotatable bonds is 5. The molecular formula is C38H32O13. The van der Waals surface area contributed by atoms with Gasteiger partial charge in [0.25, 0.3) is 0 Å². The summed E-state index contributed by atoms with van der Waals surface area (Å²) in [5, 5.41) is 45.1. The van der Waals surface area contributed by atoms with Crippen molar-refractivity contribution in [3.8, 4) is 28.4 Å². The molecule has 3 aliphatic carbocycles. The van der Waals surface area contributed by atoms with Crippen molar-refractivity contribution in [2.75, 3.05) is 0 Å². The number of benzene rings is 3. The molecule has 0 radical (unpaired) electrons. The Morgan fingerprint density at radius 2 is 1.25 bits per heavy atom. The molecule has 3 aromatic rings. The fraction of sp³-hybridized carbons (Fsp3) is 0.289. The molecule has 0 aromatic heterocycles. The highest BCUT2D eigenvalue weighted by molar-refractivity contribution is 6.38. The highest BCUT2D eigenvalue weighted by Gasteiger charge is 2.53.